The number of piperazine rings is 1. The molecule has 1 fully saturated rings. The number of rotatable bonds is 3. The summed E-state index contributed by atoms with van der Waals surface area (Å²) in [7, 11) is 0. The van der Waals surface area contributed by atoms with Crippen molar-refractivity contribution in [1.29, 1.82) is 0 Å². The van der Waals surface area contributed by atoms with Gasteiger partial charge in [0.1, 0.15) is 10.5 Å². The van der Waals surface area contributed by atoms with Gasteiger partial charge >= 0.3 is 6.09 Å². The van der Waals surface area contributed by atoms with E-state index in [9.17, 15) is 9.59 Å². The standard InChI is InChI=1S/C28H36N6O3S/c1-16-5-7-19-22(13-16)38-24(23(19)30)26(35)31-18-6-8-21-17(14-18)15-20(29)25(32-21)33-9-11-34(12-10-33)27(36)37-28(2,3)4/h5,7,13,15,18H,6,8-12,14,29-30H2,1-4H3,(H,31,35). The molecule has 1 atom stereocenters. The van der Waals surface area contributed by atoms with Crippen LogP contribution < -0.4 is 21.7 Å². The van der Waals surface area contributed by atoms with Crippen LogP contribution in [0.2, 0.25) is 0 Å². The molecule has 2 amide bonds. The van der Waals surface area contributed by atoms with Crippen molar-refractivity contribution in [3.05, 3.63) is 46.0 Å². The van der Waals surface area contributed by atoms with E-state index < -0.39 is 5.60 Å². The smallest absolute Gasteiger partial charge is 0.410 e. The number of aryl methyl sites for hydroxylation is 2. The third-order valence-electron chi connectivity index (χ3n) is 7.05. The average molecular weight is 537 g/mol. The van der Waals surface area contributed by atoms with Gasteiger partial charge in [-0.25, -0.2) is 9.78 Å². The molecule has 3 aromatic rings. The number of nitrogens with zero attached hydrogens (tertiary/aromatic N) is 3. The van der Waals surface area contributed by atoms with Crippen molar-refractivity contribution in [2.24, 2.45) is 0 Å². The maximum atomic E-state index is 13.1. The van der Waals surface area contributed by atoms with Gasteiger partial charge in [-0.3, -0.25) is 4.79 Å². The van der Waals surface area contributed by atoms with Crippen molar-refractivity contribution in [2.45, 2.75) is 58.6 Å². The van der Waals surface area contributed by atoms with Crippen LogP contribution in [0, 0.1) is 6.92 Å². The number of anilines is 3. The van der Waals surface area contributed by atoms with E-state index in [4.69, 9.17) is 21.2 Å². The molecular weight excluding hydrogens is 500 g/mol. The van der Waals surface area contributed by atoms with Crippen LogP contribution >= 0.6 is 11.3 Å². The van der Waals surface area contributed by atoms with Gasteiger partial charge in [-0.15, -0.1) is 11.3 Å². The summed E-state index contributed by atoms with van der Waals surface area (Å²) in [5, 5.41) is 4.11. The highest BCUT2D eigenvalue weighted by Gasteiger charge is 2.29. The fourth-order valence-electron chi connectivity index (χ4n) is 5.12. The minimum Gasteiger partial charge on any atom is -0.444 e. The minimum atomic E-state index is -0.514. The highest BCUT2D eigenvalue weighted by molar-refractivity contribution is 7.21. The number of benzene rings is 1. The average Bonchev–Trinajstić information content (AvgIpc) is 3.18. The lowest BCUT2D eigenvalue weighted by atomic mass is 9.91. The van der Waals surface area contributed by atoms with Crippen molar-refractivity contribution >= 4 is 50.6 Å². The first-order valence-corrected chi connectivity index (χ1v) is 13.9. The monoisotopic (exact) mass is 536 g/mol. The van der Waals surface area contributed by atoms with Crippen LogP contribution in [0.3, 0.4) is 0 Å². The molecular formula is C28H36N6O3S. The summed E-state index contributed by atoms with van der Waals surface area (Å²) in [5.74, 6) is 0.638. The number of nitrogen functional groups attached to an aromatic ring is 2. The summed E-state index contributed by atoms with van der Waals surface area (Å²) in [4.78, 5) is 34.9. The third-order valence-corrected chi connectivity index (χ3v) is 8.22. The molecule has 1 aliphatic heterocycles. The molecule has 5 rings (SSSR count). The molecule has 3 heterocycles. The Bertz CT molecular complexity index is 1390. The molecule has 9 nitrogen and oxygen atoms in total. The van der Waals surface area contributed by atoms with Gasteiger partial charge in [0.15, 0.2) is 5.82 Å². The van der Waals surface area contributed by atoms with E-state index in [2.05, 4.69) is 16.3 Å². The number of aromatic nitrogens is 1. The highest BCUT2D eigenvalue weighted by atomic mass is 32.1. The number of ether oxygens (including phenoxy) is 1. The van der Waals surface area contributed by atoms with E-state index in [0.717, 1.165) is 45.6 Å². The molecule has 1 aliphatic carbocycles. The molecule has 0 bridgehead atoms. The van der Waals surface area contributed by atoms with Gasteiger partial charge in [0.05, 0.1) is 11.4 Å². The summed E-state index contributed by atoms with van der Waals surface area (Å²) in [6.45, 7) is 10.0. The Hall–Kier alpha value is -3.53. The fraction of sp³-hybridized carbons (Fsp3) is 0.464. The SMILES string of the molecule is Cc1ccc2c(N)c(C(=O)NC3CCc4nc(N5CCN(C(=O)OC(C)(C)C)CC5)c(N)cc4C3)sc2c1. The van der Waals surface area contributed by atoms with Gasteiger partial charge in [0.25, 0.3) is 5.91 Å². The lowest BCUT2D eigenvalue weighted by Gasteiger charge is -2.37. The molecule has 202 valence electrons. The third kappa shape index (κ3) is 5.36. The van der Waals surface area contributed by atoms with E-state index in [-0.39, 0.29) is 18.0 Å². The minimum absolute atomic E-state index is 0.00854. The molecule has 1 unspecified atom stereocenters. The first-order valence-electron chi connectivity index (χ1n) is 13.1. The van der Waals surface area contributed by atoms with Crippen LogP contribution in [-0.2, 0) is 17.6 Å². The molecule has 2 aromatic heterocycles. The van der Waals surface area contributed by atoms with Gasteiger partial charge < -0.3 is 31.3 Å². The number of carbonyl (C=O) groups excluding carboxylic acids is 2. The van der Waals surface area contributed by atoms with Crippen LogP contribution in [0.4, 0.5) is 22.0 Å². The van der Waals surface area contributed by atoms with Crippen molar-refractivity contribution < 1.29 is 14.3 Å². The number of fused-ring (bicyclic) bond motifs is 2. The quantitative estimate of drug-likeness (QED) is 0.460. The molecule has 0 spiro atoms. The lowest BCUT2D eigenvalue weighted by Crippen LogP contribution is -2.50. The van der Waals surface area contributed by atoms with Gasteiger partial charge in [-0.1, -0.05) is 12.1 Å². The number of nitrogens with two attached hydrogens (primary N) is 2. The van der Waals surface area contributed by atoms with Crippen molar-refractivity contribution in [3.63, 3.8) is 0 Å². The lowest BCUT2D eigenvalue weighted by molar-refractivity contribution is 0.0240. The Balaban J connectivity index is 1.23. The Kier molecular flexibility index (Phi) is 6.85. The van der Waals surface area contributed by atoms with E-state index in [1.54, 1.807) is 4.90 Å². The van der Waals surface area contributed by atoms with Crippen LogP contribution in [0.5, 0.6) is 0 Å². The highest BCUT2D eigenvalue weighted by Crippen LogP contribution is 2.35. The predicted octanol–water partition coefficient (Wildman–Crippen LogP) is 4.11. The summed E-state index contributed by atoms with van der Waals surface area (Å²) < 4.78 is 6.53. The number of hydrogen-bond acceptors (Lipinski definition) is 8. The Labute approximate surface area is 227 Å². The maximum Gasteiger partial charge on any atom is 0.410 e. The Morgan fingerprint density at radius 2 is 1.87 bits per heavy atom. The molecule has 1 saturated heterocycles. The van der Waals surface area contributed by atoms with Crippen LogP contribution in [-0.4, -0.2) is 59.7 Å². The molecule has 38 heavy (non-hydrogen) atoms. The predicted molar refractivity (Wildman–Crippen MR) is 153 cm³/mol. The van der Waals surface area contributed by atoms with E-state index >= 15 is 0 Å². The van der Waals surface area contributed by atoms with E-state index in [1.807, 2.05) is 45.9 Å². The zero-order chi connectivity index (χ0) is 27.2. The molecule has 2 aliphatic rings. The van der Waals surface area contributed by atoms with Crippen LogP contribution in [0.1, 0.15) is 53.7 Å². The summed E-state index contributed by atoms with van der Waals surface area (Å²) >= 11 is 1.44. The number of hydrogen-bond donors (Lipinski definition) is 3. The zero-order valence-electron chi connectivity index (χ0n) is 22.5. The molecule has 0 radical (unpaired) electrons. The summed E-state index contributed by atoms with van der Waals surface area (Å²) in [5.41, 5.74) is 16.6. The normalized spacial score (nSPS) is 17.8. The van der Waals surface area contributed by atoms with Crippen molar-refractivity contribution in [1.82, 2.24) is 15.2 Å². The number of amides is 2. The van der Waals surface area contributed by atoms with Crippen molar-refractivity contribution in [2.75, 3.05) is 42.5 Å². The first-order chi connectivity index (χ1) is 18.0. The molecule has 1 aromatic carbocycles. The van der Waals surface area contributed by atoms with Gasteiger partial charge in [0, 0.05) is 48.0 Å². The second-order valence-corrected chi connectivity index (χ2v) is 12.3. The van der Waals surface area contributed by atoms with Gasteiger partial charge in [-0.2, -0.15) is 0 Å². The Morgan fingerprint density at radius 1 is 1.13 bits per heavy atom. The molecule has 5 N–H and O–H groups in total. The van der Waals surface area contributed by atoms with Crippen molar-refractivity contribution in [3.8, 4) is 0 Å². The molecule has 10 heteroatoms. The maximum absolute atomic E-state index is 13.1. The number of carbonyl (C=O) groups is 2. The van der Waals surface area contributed by atoms with Crippen LogP contribution in [0.15, 0.2) is 24.3 Å². The largest absolute Gasteiger partial charge is 0.444 e. The topological polar surface area (TPSA) is 127 Å². The van der Waals surface area contributed by atoms with E-state index in [1.165, 1.54) is 11.3 Å². The second-order valence-electron chi connectivity index (χ2n) is 11.2. The first kappa shape index (κ1) is 26.1. The molecule has 0 saturated carbocycles. The summed E-state index contributed by atoms with van der Waals surface area (Å²) in [6.07, 6.45) is 1.94. The Morgan fingerprint density at radius 3 is 2.58 bits per heavy atom. The fourth-order valence-corrected chi connectivity index (χ4v) is 6.24. The van der Waals surface area contributed by atoms with Gasteiger partial charge in [-0.05, 0) is 70.2 Å². The number of thiophene rings is 1. The van der Waals surface area contributed by atoms with Gasteiger partial charge in [0.2, 0.25) is 0 Å². The van der Waals surface area contributed by atoms with E-state index in [0.29, 0.717) is 48.9 Å². The zero-order valence-corrected chi connectivity index (χ0v) is 23.3. The number of pyridine rings is 1. The van der Waals surface area contributed by atoms with Crippen LogP contribution in [0.25, 0.3) is 10.1 Å². The second kappa shape index (κ2) is 9.98. The number of nitrogens with one attached hydrogen (secondary N) is 1. The summed E-state index contributed by atoms with van der Waals surface area (Å²) in [6, 6.07) is 8.04.